The molecule has 1 amide bonds. The molecule has 0 aliphatic rings. The van der Waals surface area contributed by atoms with E-state index in [0.29, 0.717) is 23.6 Å². The number of nitrogens with one attached hydrogen (secondary N) is 1. The Morgan fingerprint density at radius 1 is 1.10 bits per heavy atom. The van der Waals surface area contributed by atoms with Gasteiger partial charge in [0.2, 0.25) is 15.9 Å². The molecule has 8 heteroatoms. The number of benzene rings is 2. The van der Waals surface area contributed by atoms with Crippen LogP contribution >= 0.6 is 0 Å². The third kappa shape index (κ3) is 6.62. The van der Waals surface area contributed by atoms with Crippen LogP contribution in [-0.2, 0) is 21.4 Å². The van der Waals surface area contributed by atoms with Gasteiger partial charge in [0.15, 0.2) is 11.5 Å². The molecule has 0 saturated heterocycles. The molecule has 0 saturated carbocycles. The molecule has 0 aromatic heterocycles. The molecule has 0 aliphatic heterocycles. The topological polar surface area (TPSA) is 84.9 Å². The predicted molar refractivity (Wildman–Crippen MR) is 123 cm³/mol. The molecule has 0 unspecified atom stereocenters. The molecule has 7 nitrogen and oxygen atoms in total. The molecular formula is C23H32N2O5S. The van der Waals surface area contributed by atoms with Gasteiger partial charge in [-0.05, 0) is 57.0 Å². The van der Waals surface area contributed by atoms with Crippen molar-refractivity contribution < 1.29 is 22.7 Å². The van der Waals surface area contributed by atoms with Crippen LogP contribution in [0.25, 0.3) is 0 Å². The van der Waals surface area contributed by atoms with Crippen molar-refractivity contribution >= 4 is 21.6 Å². The summed E-state index contributed by atoms with van der Waals surface area (Å²) >= 11 is 0. The fourth-order valence-corrected chi connectivity index (χ4v) is 4.44. The second-order valence-corrected chi connectivity index (χ2v) is 9.55. The molecule has 1 N–H and O–H groups in total. The minimum Gasteiger partial charge on any atom is -0.493 e. The smallest absolute Gasteiger partial charge is 0.244 e. The number of sulfonamides is 1. The van der Waals surface area contributed by atoms with E-state index in [0.717, 1.165) is 17.4 Å². The Labute approximate surface area is 185 Å². The van der Waals surface area contributed by atoms with Gasteiger partial charge in [0, 0.05) is 6.54 Å². The van der Waals surface area contributed by atoms with Crippen molar-refractivity contribution in [2.45, 2.75) is 52.8 Å². The standard InChI is InChI=1S/C23H32N2O5S/c1-7-20(25(31(6,27)28)19-11-8-17(4)9-12-19)23(26)24-15-18-10-13-21(30-16(2)3)22(14-18)29-5/h8-14,16,20H,7,15H2,1-6H3,(H,24,26)/t20-/m1/s1. The maximum absolute atomic E-state index is 13.0. The van der Waals surface area contributed by atoms with Crippen molar-refractivity contribution in [1.82, 2.24) is 5.32 Å². The summed E-state index contributed by atoms with van der Waals surface area (Å²) in [6, 6.07) is 11.7. The molecule has 1 atom stereocenters. The quantitative estimate of drug-likeness (QED) is 0.600. The number of nitrogens with zero attached hydrogens (tertiary/aromatic N) is 1. The number of amides is 1. The Kier molecular flexibility index (Phi) is 8.33. The van der Waals surface area contributed by atoms with Crippen molar-refractivity contribution in [3.63, 3.8) is 0 Å². The van der Waals surface area contributed by atoms with E-state index < -0.39 is 16.1 Å². The molecule has 2 aromatic carbocycles. The van der Waals surface area contributed by atoms with E-state index in [2.05, 4.69) is 5.32 Å². The number of hydrogen-bond acceptors (Lipinski definition) is 5. The second kappa shape index (κ2) is 10.5. The van der Waals surface area contributed by atoms with Gasteiger partial charge in [0.05, 0.1) is 25.2 Å². The van der Waals surface area contributed by atoms with Crippen LogP contribution in [0.2, 0.25) is 0 Å². The van der Waals surface area contributed by atoms with Crippen LogP contribution in [0.5, 0.6) is 11.5 Å². The molecule has 0 aliphatic carbocycles. The minimum atomic E-state index is -3.66. The fraction of sp³-hybridized carbons (Fsp3) is 0.435. The first-order valence-corrected chi connectivity index (χ1v) is 12.1. The van der Waals surface area contributed by atoms with Crippen LogP contribution < -0.4 is 19.1 Å². The third-order valence-corrected chi connectivity index (χ3v) is 5.86. The second-order valence-electron chi connectivity index (χ2n) is 7.69. The SMILES string of the molecule is CC[C@H](C(=O)NCc1ccc(OC(C)C)c(OC)c1)N(c1ccc(C)cc1)S(C)(=O)=O. The highest BCUT2D eigenvalue weighted by molar-refractivity contribution is 7.92. The Morgan fingerprint density at radius 2 is 1.74 bits per heavy atom. The highest BCUT2D eigenvalue weighted by Gasteiger charge is 2.31. The Balaban J connectivity index is 2.20. The normalized spacial score (nSPS) is 12.4. The highest BCUT2D eigenvalue weighted by atomic mass is 32.2. The number of rotatable bonds is 10. The number of methoxy groups -OCH3 is 1. The van der Waals surface area contributed by atoms with Gasteiger partial charge < -0.3 is 14.8 Å². The average molecular weight is 449 g/mol. The molecule has 31 heavy (non-hydrogen) atoms. The van der Waals surface area contributed by atoms with E-state index in [-0.39, 0.29) is 18.6 Å². The van der Waals surface area contributed by atoms with Gasteiger partial charge in [-0.25, -0.2) is 8.42 Å². The minimum absolute atomic E-state index is 0.00788. The molecule has 2 rings (SSSR count). The summed E-state index contributed by atoms with van der Waals surface area (Å²) < 4.78 is 37.3. The first-order chi connectivity index (χ1) is 14.6. The Hall–Kier alpha value is -2.74. The summed E-state index contributed by atoms with van der Waals surface area (Å²) in [5.74, 6) is 0.835. The van der Waals surface area contributed by atoms with E-state index in [1.165, 1.54) is 4.31 Å². The predicted octanol–water partition coefficient (Wildman–Crippen LogP) is 3.65. The Morgan fingerprint density at radius 3 is 2.26 bits per heavy atom. The van der Waals surface area contributed by atoms with E-state index in [4.69, 9.17) is 9.47 Å². The summed E-state index contributed by atoms with van der Waals surface area (Å²) in [6.45, 7) is 7.81. The van der Waals surface area contributed by atoms with Gasteiger partial charge >= 0.3 is 0 Å². The maximum Gasteiger partial charge on any atom is 0.244 e. The van der Waals surface area contributed by atoms with Crippen molar-refractivity contribution in [2.75, 3.05) is 17.7 Å². The van der Waals surface area contributed by atoms with E-state index in [1.807, 2.05) is 39.0 Å². The lowest BCUT2D eigenvalue weighted by Gasteiger charge is -2.30. The first-order valence-electron chi connectivity index (χ1n) is 10.2. The van der Waals surface area contributed by atoms with Crippen LogP contribution in [0.1, 0.15) is 38.3 Å². The number of ether oxygens (including phenoxy) is 2. The zero-order valence-corrected chi connectivity index (χ0v) is 19.8. The zero-order chi connectivity index (χ0) is 23.2. The molecule has 0 radical (unpaired) electrons. The summed E-state index contributed by atoms with van der Waals surface area (Å²) in [5.41, 5.74) is 2.29. The van der Waals surface area contributed by atoms with Gasteiger partial charge in [0.1, 0.15) is 6.04 Å². The number of hydrogen-bond donors (Lipinski definition) is 1. The summed E-state index contributed by atoms with van der Waals surface area (Å²) in [4.78, 5) is 13.0. The van der Waals surface area contributed by atoms with Gasteiger partial charge in [0.25, 0.3) is 0 Å². The summed E-state index contributed by atoms with van der Waals surface area (Å²) in [5, 5.41) is 2.85. The average Bonchev–Trinajstić information content (AvgIpc) is 2.70. The van der Waals surface area contributed by atoms with Crippen molar-refractivity contribution in [2.24, 2.45) is 0 Å². The van der Waals surface area contributed by atoms with E-state index >= 15 is 0 Å². The van der Waals surface area contributed by atoms with Gasteiger partial charge in [-0.1, -0.05) is 30.7 Å². The van der Waals surface area contributed by atoms with Crippen LogP contribution in [0.3, 0.4) is 0 Å². The summed E-state index contributed by atoms with van der Waals surface area (Å²) in [6.07, 6.45) is 1.45. The summed E-state index contributed by atoms with van der Waals surface area (Å²) in [7, 11) is -2.10. The first kappa shape index (κ1) is 24.5. The molecule has 0 heterocycles. The largest absolute Gasteiger partial charge is 0.493 e. The number of anilines is 1. The van der Waals surface area contributed by atoms with Gasteiger partial charge in [-0.15, -0.1) is 0 Å². The zero-order valence-electron chi connectivity index (χ0n) is 19.0. The fourth-order valence-electron chi connectivity index (χ4n) is 3.23. The lowest BCUT2D eigenvalue weighted by molar-refractivity contribution is -0.122. The molecule has 0 spiro atoms. The Bertz CT molecular complexity index is 988. The molecule has 0 bridgehead atoms. The van der Waals surface area contributed by atoms with Crippen LogP contribution in [0, 0.1) is 6.92 Å². The van der Waals surface area contributed by atoms with E-state index in [1.54, 1.807) is 38.3 Å². The molecule has 2 aromatic rings. The van der Waals surface area contributed by atoms with Crippen molar-refractivity contribution in [3.05, 3.63) is 53.6 Å². The number of carbonyl (C=O) groups excluding carboxylic acids is 1. The van der Waals surface area contributed by atoms with Crippen LogP contribution in [-0.4, -0.2) is 39.8 Å². The number of carbonyl (C=O) groups is 1. The lowest BCUT2D eigenvalue weighted by atomic mass is 10.1. The highest BCUT2D eigenvalue weighted by Crippen LogP contribution is 2.29. The number of aryl methyl sites for hydroxylation is 1. The molecule has 0 fully saturated rings. The van der Waals surface area contributed by atoms with E-state index in [9.17, 15) is 13.2 Å². The van der Waals surface area contributed by atoms with Gasteiger partial charge in [-0.2, -0.15) is 0 Å². The van der Waals surface area contributed by atoms with Gasteiger partial charge in [-0.3, -0.25) is 9.10 Å². The lowest BCUT2D eigenvalue weighted by Crippen LogP contribution is -2.49. The van der Waals surface area contributed by atoms with Crippen LogP contribution in [0.4, 0.5) is 5.69 Å². The van der Waals surface area contributed by atoms with Crippen molar-refractivity contribution in [1.29, 1.82) is 0 Å². The molecule has 170 valence electrons. The van der Waals surface area contributed by atoms with Crippen molar-refractivity contribution in [3.8, 4) is 11.5 Å². The maximum atomic E-state index is 13.0. The van der Waals surface area contributed by atoms with Crippen LogP contribution in [0.15, 0.2) is 42.5 Å². The molecular weight excluding hydrogens is 416 g/mol. The third-order valence-electron chi connectivity index (χ3n) is 4.68. The monoisotopic (exact) mass is 448 g/mol.